The van der Waals surface area contributed by atoms with E-state index in [9.17, 15) is 9.59 Å². The molecule has 0 amide bonds. The molecule has 4 heteroatoms. The Hall–Kier alpha value is -1.09. The Bertz CT molecular complexity index is 242. The number of nitrogens with one attached hydrogen (secondary N) is 1. The molecule has 0 heterocycles. The largest absolute Gasteiger partial charge is 0.295 e. The van der Waals surface area contributed by atoms with Gasteiger partial charge in [-0.15, -0.1) is 0 Å². The summed E-state index contributed by atoms with van der Waals surface area (Å²) in [6, 6.07) is 0. The first-order valence-electron chi connectivity index (χ1n) is 2.59. The van der Waals surface area contributed by atoms with Gasteiger partial charge >= 0.3 is 0 Å². The zero-order valence-corrected chi connectivity index (χ0v) is 5.68. The molecule has 0 atom stereocenters. The van der Waals surface area contributed by atoms with Crippen molar-refractivity contribution in [1.82, 2.24) is 4.84 Å². The van der Waals surface area contributed by atoms with Crippen LogP contribution in [-0.2, 0) is 9.59 Å². The maximum atomic E-state index is 10.7. The first-order valence-corrected chi connectivity index (χ1v) is 2.96. The predicted octanol–water partition coefficient (Wildman–Crippen LogP) is 0.322. The summed E-state index contributed by atoms with van der Waals surface area (Å²) in [7, 11) is 0. The Kier molecular flexibility index (Phi) is 1.87. The second kappa shape index (κ2) is 2.66. The molecule has 1 N–H and O–H groups in total. The van der Waals surface area contributed by atoms with Crippen molar-refractivity contribution in [3.63, 3.8) is 0 Å². The Labute approximate surface area is 62.5 Å². The molecular weight excluding hydrogens is 154 g/mol. The van der Waals surface area contributed by atoms with Crippen LogP contribution in [0.3, 0.4) is 0 Å². The molecule has 1 aliphatic rings. The fraction of sp³-hybridized carbons (Fsp3) is 0. The van der Waals surface area contributed by atoms with E-state index in [4.69, 9.17) is 11.8 Å². The molecule has 3 nitrogen and oxygen atoms in total. The van der Waals surface area contributed by atoms with Crippen LogP contribution in [0.15, 0.2) is 23.9 Å². The molecule has 0 saturated carbocycles. The second-order valence-corrected chi connectivity index (χ2v) is 1.94. The SMILES string of the molecule is O=C1C=CC(=O)C(NCl)=C1. The second-order valence-electron chi connectivity index (χ2n) is 1.75. The topological polar surface area (TPSA) is 46.2 Å². The van der Waals surface area contributed by atoms with Crippen LogP contribution in [0.2, 0.25) is 0 Å². The normalized spacial score (nSPS) is 17.1. The van der Waals surface area contributed by atoms with Gasteiger partial charge in [0.05, 0.1) is 0 Å². The van der Waals surface area contributed by atoms with E-state index in [0.717, 1.165) is 6.08 Å². The minimum Gasteiger partial charge on any atom is -0.295 e. The van der Waals surface area contributed by atoms with E-state index in [1.165, 1.54) is 12.2 Å². The first-order chi connectivity index (χ1) is 4.74. The van der Waals surface area contributed by atoms with E-state index in [0.29, 0.717) is 0 Å². The zero-order valence-electron chi connectivity index (χ0n) is 4.93. The minimum atomic E-state index is -0.283. The lowest BCUT2D eigenvalue weighted by molar-refractivity contribution is -0.114. The Morgan fingerprint density at radius 2 is 2.00 bits per heavy atom. The molecule has 52 valence electrons. The third-order valence-corrected chi connectivity index (χ3v) is 1.26. The molecule has 0 spiro atoms. The fourth-order valence-electron chi connectivity index (χ4n) is 0.583. The number of hydrogen-bond donors (Lipinski definition) is 1. The predicted molar refractivity (Wildman–Crippen MR) is 36.2 cm³/mol. The Morgan fingerprint density at radius 3 is 2.50 bits per heavy atom. The van der Waals surface area contributed by atoms with Crippen LogP contribution in [-0.4, -0.2) is 11.6 Å². The molecular formula is C6H4ClNO2. The monoisotopic (exact) mass is 157 g/mol. The van der Waals surface area contributed by atoms with Gasteiger partial charge in [0, 0.05) is 17.9 Å². The highest BCUT2D eigenvalue weighted by Crippen LogP contribution is 2.01. The molecule has 0 saturated heterocycles. The van der Waals surface area contributed by atoms with Gasteiger partial charge in [0.2, 0.25) is 5.78 Å². The van der Waals surface area contributed by atoms with Crippen molar-refractivity contribution < 1.29 is 9.59 Å². The van der Waals surface area contributed by atoms with Crippen molar-refractivity contribution in [2.45, 2.75) is 0 Å². The van der Waals surface area contributed by atoms with Gasteiger partial charge in [0.15, 0.2) is 5.78 Å². The van der Waals surface area contributed by atoms with Gasteiger partial charge in [0.1, 0.15) is 5.70 Å². The third-order valence-electron chi connectivity index (χ3n) is 1.05. The molecule has 0 aromatic carbocycles. The summed E-state index contributed by atoms with van der Waals surface area (Å²) in [5.41, 5.74) is 0.120. The average molecular weight is 158 g/mol. The molecule has 0 radical (unpaired) electrons. The van der Waals surface area contributed by atoms with Crippen LogP contribution in [0, 0.1) is 0 Å². The summed E-state index contributed by atoms with van der Waals surface area (Å²) in [5.74, 6) is -0.516. The van der Waals surface area contributed by atoms with Crippen molar-refractivity contribution >= 4 is 23.3 Å². The van der Waals surface area contributed by atoms with E-state index in [-0.39, 0.29) is 17.3 Å². The van der Waals surface area contributed by atoms with Crippen molar-refractivity contribution in [3.05, 3.63) is 23.9 Å². The minimum absolute atomic E-state index is 0.120. The Morgan fingerprint density at radius 1 is 1.30 bits per heavy atom. The standard InChI is InChI=1S/C6H4ClNO2/c7-8-5-3-4(9)1-2-6(5)10/h1-3,8H. The van der Waals surface area contributed by atoms with Crippen molar-refractivity contribution in [2.75, 3.05) is 0 Å². The van der Waals surface area contributed by atoms with Crippen LogP contribution in [0.25, 0.3) is 0 Å². The fourth-order valence-corrected chi connectivity index (χ4v) is 0.731. The number of ketones is 2. The lowest BCUT2D eigenvalue weighted by atomic mass is 10.1. The lowest BCUT2D eigenvalue weighted by Crippen LogP contribution is -2.14. The van der Waals surface area contributed by atoms with E-state index in [2.05, 4.69) is 4.84 Å². The van der Waals surface area contributed by atoms with Crippen LogP contribution in [0.5, 0.6) is 0 Å². The number of rotatable bonds is 1. The number of carbonyl (C=O) groups is 2. The summed E-state index contributed by atoms with van der Waals surface area (Å²) in [6.07, 6.45) is 3.52. The van der Waals surface area contributed by atoms with E-state index >= 15 is 0 Å². The van der Waals surface area contributed by atoms with Gasteiger partial charge in [-0.2, -0.15) is 0 Å². The van der Waals surface area contributed by atoms with Gasteiger partial charge in [-0.3, -0.25) is 14.4 Å². The molecule has 0 aliphatic heterocycles. The van der Waals surface area contributed by atoms with Crippen LogP contribution < -0.4 is 4.84 Å². The van der Waals surface area contributed by atoms with Crippen LogP contribution >= 0.6 is 11.8 Å². The van der Waals surface area contributed by atoms with Gasteiger partial charge in [-0.25, -0.2) is 0 Å². The van der Waals surface area contributed by atoms with Gasteiger partial charge < -0.3 is 0 Å². The maximum absolute atomic E-state index is 10.7. The highest BCUT2D eigenvalue weighted by atomic mass is 35.5. The molecule has 0 aromatic rings. The third kappa shape index (κ3) is 1.25. The lowest BCUT2D eigenvalue weighted by Gasteiger charge is -2.01. The quantitative estimate of drug-likeness (QED) is 0.441. The average Bonchev–Trinajstić information content (AvgIpc) is 1.94. The highest BCUT2D eigenvalue weighted by molar-refractivity contribution is 6.23. The number of allylic oxidation sites excluding steroid dienone is 3. The number of hydrogen-bond acceptors (Lipinski definition) is 3. The highest BCUT2D eigenvalue weighted by Gasteiger charge is 2.10. The van der Waals surface area contributed by atoms with Gasteiger partial charge in [-0.05, 0) is 12.2 Å². The summed E-state index contributed by atoms with van der Waals surface area (Å²) >= 11 is 5.12. The van der Waals surface area contributed by atoms with E-state index < -0.39 is 0 Å². The van der Waals surface area contributed by atoms with Gasteiger partial charge in [0.25, 0.3) is 0 Å². The van der Waals surface area contributed by atoms with Crippen molar-refractivity contribution in [2.24, 2.45) is 0 Å². The molecule has 0 unspecified atom stereocenters. The van der Waals surface area contributed by atoms with Crippen LogP contribution in [0.4, 0.5) is 0 Å². The summed E-state index contributed by atoms with van der Waals surface area (Å²) < 4.78 is 0. The van der Waals surface area contributed by atoms with Crippen molar-refractivity contribution in [1.29, 1.82) is 0 Å². The molecule has 0 aromatic heterocycles. The Balaban J connectivity index is 2.89. The zero-order chi connectivity index (χ0) is 7.56. The van der Waals surface area contributed by atoms with Crippen LogP contribution in [0.1, 0.15) is 0 Å². The van der Waals surface area contributed by atoms with Gasteiger partial charge in [-0.1, -0.05) is 0 Å². The number of carbonyl (C=O) groups excluding carboxylic acids is 2. The smallest absolute Gasteiger partial charge is 0.203 e. The molecule has 1 rings (SSSR count). The molecule has 10 heavy (non-hydrogen) atoms. The molecule has 1 aliphatic carbocycles. The number of halogens is 1. The summed E-state index contributed by atoms with van der Waals surface area (Å²) in [4.78, 5) is 23.4. The maximum Gasteiger partial charge on any atom is 0.203 e. The van der Waals surface area contributed by atoms with E-state index in [1.54, 1.807) is 0 Å². The molecule has 0 bridgehead atoms. The summed E-state index contributed by atoms with van der Waals surface area (Å²) in [6.45, 7) is 0. The van der Waals surface area contributed by atoms with Crippen molar-refractivity contribution in [3.8, 4) is 0 Å². The molecule has 0 fully saturated rings. The van der Waals surface area contributed by atoms with E-state index in [1.807, 2.05) is 0 Å². The first kappa shape index (κ1) is 7.02. The summed E-state index contributed by atoms with van der Waals surface area (Å²) in [5, 5.41) is 0.